The highest BCUT2D eigenvalue weighted by atomic mass is 16.5. The zero-order valence-electron chi connectivity index (χ0n) is 17.5. The fourth-order valence-corrected chi connectivity index (χ4v) is 3.65. The van der Waals surface area contributed by atoms with Gasteiger partial charge in [-0.2, -0.15) is 0 Å². The summed E-state index contributed by atoms with van der Waals surface area (Å²) in [5, 5.41) is 2.91. The van der Waals surface area contributed by atoms with Gasteiger partial charge in [0, 0.05) is 63.0 Å². The van der Waals surface area contributed by atoms with Gasteiger partial charge < -0.3 is 10.1 Å². The van der Waals surface area contributed by atoms with Crippen molar-refractivity contribution in [2.75, 3.05) is 19.6 Å². The smallest absolute Gasteiger partial charge is 0.251 e. The summed E-state index contributed by atoms with van der Waals surface area (Å²) < 4.78 is 6.14. The average molecular weight is 418 g/mol. The minimum absolute atomic E-state index is 0.0988. The minimum Gasteiger partial charge on any atom is -0.490 e. The van der Waals surface area contributed by atoms with Gasteiger partial charge in [0.05, 0.1) is 11.4 Å². The molecule has 1 amide bonds. The van der Waals surface area contributed by atoms with Gasteiger partial charge in [0.1, 0.15) is 11.9 Å². The highest BCUT2D eigenvalue weighted by Gasteiger charge is 2.21. The maximum atomic E-state index is 12.3. The molecule has 0 radical (unpaired) electrons. The summed E-state index contributed by atoms with van der Waals surface area (Å²) in [6.07, 6.45) is 9.66. The van der Waals surface area contributed by atoms with E-state index in [2.05, 4.69) is 31.2 Å². The lowest BCUT2D eigenvalue weighted by molar-refractivity contribution is 0.0949. The van der Waals surface area contributed by atoms with E-state index < -0.39 is 0 Å². The zero-order chi connectivity index (χ0) is 21.3. The van der Waals surface area contributed by atoms with Crippen LogP contribution in [-0.2, 0) is 13.0 Å². The van der Waals surface area contributed by atoms with E-state index in [-0.39, 0.29) is 12.0 Å². The molecule has 0 atom stereocenters. The number of hydrogen-bond donors (Lipinski definition) is 1. The van der Waals surface area contributed by atoms with Crippen LogP contribution in [0.15, 0.2) is 67.3 Å². The summed E-state index contributed by atoms with van der Waals surface area (Å²) in [5.74, 6) is 0.706. The number of aromatic nitrogens is 3. The van der Waals surface area contributed by atoms with Crippen molar-refractivity contribution in [2.45, 2.75) is 31.9 Å². The predicted molar refractivity (Wildman–Crippen MR) is 118 cm³/mol. The molecule has 3 heterocycles. The van der Waals surface area contributed by atoms with Crippen molar-refractivity contribution >= 4 is 5.91 Å². The number of carbonyl (C=O) groups is 1. The molecule has 0 spiro atoms. The molecule has 2 aromatic heterocycles. The Morgan fingerprint density at radius 1 is 1.00 bits per heavy atom. The quantitative estimate of drug-likeness (QED) is 0.607. The Labute approximate surface area is 182 Å². The average Bonchev–Trinajstić information content (AvgIpc) is 2.82. The Kier molecular flexibility index (Phi) is 7.18. The summed E-state index contributed by atoms with van der Waals surface area (Å²) in [4.78, 5) is 27.4. The molecule has 0 saturated carbocycles. The highest BCUT2D eigenvalue weighted by Crippen LogP contribution is 2.20. The van der Waals surface area contributed by atoms with E-state index in [0.717, 1.165) is 49.6 Å². The highest BCUT2D eigenvalue weighted by molar-refractivity contribution is 5.94. The first-order chi connectivity index (χ1) is 15.3. The van der Waals surface area contributed by atoms with Crippen LogP contribution in [0.2, 0.25) is 0 Å². The lowest BCUT2D eigenvalue weighted by atomic mass is 10.1. The Hall–Kier alpha value is -3.32. The lowest BCUT2D eigenvalue weighted by Crippen LogP contribution is -2.37. The second kappa shape index (κ2) is 10.6. The zero-order valence-corrected chi connectivity index (χ0v) is 17.5. The van der Waals surface area contributed by atoms with E-state index in [1.54, 1.807) is 18.6 Å². The number of pyridine rings is 1. The second-order valence-corrected chi connectivity index (χ2v) is 7.64. The molecular formula is C24H27N5O2. The molecule has 7 nitrogen and oxygen atoms in total. The molecule has 1 aliphatic heterocycles. The van der Waals surface area contributed by atoms with E-state index in [4.69, 9.17) is 4.74 Å². The Morgan fingerprint density at radius 2 is 1.81 bits per heavy atom. The summed E-state index contributed by atoms with van der Waals surface area (Å²) in [6, 6.07) is 13.4. The molecule has 0 unspecified atom stereocenters. The van der Waals surface area contributed by atoms with Gasteiger partial charge in [-0.05, 0) is 49.2 Å². The molecule has 7 heteroatoms. The van der Waals surface area contributed by atoms with E-state index in [9.17, 15) is 4.79 Å². The number of ether oxygens (including phenoxy) is 1. The molecule has 1 saturated heterocycles. The number of carbonyl (C=O) groups excluding carboxylic acids is 1. The Bertz CT molecular complexity index is 943. The largest absolute Gasteiger partial charge is 0.490 e. The van der Waals surface area contributed by atoms with Gasteiger partial charge in [-0.3, -0.25) is 24.6 Å². The van der Waals surface area contributed by atoms with Crippen LogP contribution in [0.3, 0.4) is 0 Å². The molecule has 1 aliphatic rings. The van der Waals surface area contributed by atoms with Crippen LogP contribution >= 0.6 is 0 Å². The summed E-state index contributed by atoms with van der Waals surface area (Å²) >= 11 is 0. The molecule has 1 N–H and O–H groups in total. The van der Waals surface area contributed by atoms with Crippen LogP contribution in [0.4, 0.5) is 0 Å². The van der Waals surface area contributed by atoms with Crippen molar-refractivity contribution in [1.82, 2.24) is 25.2 Å². The van der Waals surface area contributed by atoms with Crippen molar-refractivity contribution < 1.29 is 9.53 Å². The fourth-order valence-electron chi connectivity index (χ4n) is 3.65. The van der Waals surface area contributed by atoms with Gasteiger partial charge in [-0.15, -0.1) is 0 Å². The van der Waals surface area contributed by atoms with Crippen LogP contribution in [0.25, 0.3) is 0 Å². The molecular weight excluding hydrogens is 390 g/mol. The van der Waals surface area contributed by atoms with Crippen LogP contribution < -0.4 is 10.1 Å². The first kappa shape index (κ1) is 20.9. The van der Waals surface area contributed by atoms with Crippen LogP contribution in [0.1, 0.15) is 34.6 Å². The number of nitrogens with one attached hydrogen (secondary N) is 1. The molecule has 3 aromatic rings. The van der Waals surface area contributed by atoms with Gasteiger partial charge in [-0.25, -0.2) is 0 Å². The SMILES string of the molecule is O=C(NCCc1cnccn1)c1ccc(OC2CCN(Cc3ccccn3)CC2)cc1. The summed E-state index contributed by atoms with van der Waals surface area (Å²) in [7, 11) is 0. The molecule has 0 aliphatic carbocycles. The first-order valence-corrected chi connectivity index (χ1v) is 10.7. The first-order valence-electron chi connectivity index (χ1n) is 10.7. The van der Waals surface area contributed by atoms with E-state index >= 15 is 0 Å². The number of benzene rings is 1. The predicted octanol–water partition coefficient (Wildman–Crippen LogP) is 2.89. The molecule has 1 fully saturated rings. The molecule has 1 aromatic carbocycles. The van der Waals surface area contributed by atoms with E-state index in [0.29, 0.717) is 18.5 Å². The van der Waals surface area contributed by atoms with E-state index in [1.807, 2.05) is 42.6 Å². The normalized spacial score (nSPS) is 14.8. The fraction of sp³-hybridized carbons (Fsp3) is 0.333. The third kappa shape index (κ3) is 6.33. The standard InChI is InChI=1S/C24H27N5O2/c30-24(28-12-8-20-17-25-13-14-27-20)19-4-6-22(7-5-19)31-23-9-15-29(16-10-23)18-21-3-1-2-11-26-21/h1-7,11,13-14,17,23H,8-10,12,15-16,18H2,(H,28,30). The number of amides is 1. The second-order valence-electron chi connectivity index (χ2n) is 7.64. The third-order valence-corrected chi connectivity index (χ3v) is 5.35. The van der Waals surface area contributed by atoms with E-state index in [1.165, 1.54) is 0 Å². The van der Waals surface area contributed by atoms with Crippen LogP contribution in [-0.4, -0.2) is 51.5 Å². The van der Waals surface area contributed by atoms with Gasteiger partial charge >= 0.3 is 0 Å². The maximum absolute atomic E-state index is 12.3. The van der Waals surface area contributed by atoms with Crippen molar-refractivity contribution in [1.29, 1.82) is 0 Å². The van der Waals surface area contributed by atoms with Crippen molar-refractivity contribution in [3.05, 3.63) is 84.2 Å². The van der Waals surface area contributed by atoms with Crippen molar-refractivity contribution in [3.63, 3.8) is 0 Å². The summed E-state index contributed by atoms with van der Waals surface area (Å²) in [5.41, 5.74) is 2.58. The minimum atomic E-state index is -0.0988. The molecule has 31 heavy (non-hydrogen) atoms. The summed E-state index contributed by atoms with van der Waals surface area (Å²) in [6.45, 7) is 3.39. The number of piperidine rings is 1. The Balaban J connectivity index is 1.19. The number of rotatable bonds is 8. The number of likely N-dealkylation sites (tertiary alicyclic amines) is 1. The topological polar surface area (TPSA) is 80.2 Å². The lowest BCUT2D eigenvalue weighted by Gasteiger charge is -2.31. The number of nitrogens with zero attached hydrogens (tertiary/aromatic N) is 4. The number of hydrogen-bond acceptors (Lipinski definition) is 6. The van der Waals surface area contributed by atoms with Gasteiger partial charge in [0.25, 0.3) is 5.91 Å². The van der Waals surface area contributed by atoms with Crippen LogP contribution in [0, 0.1) is 0 Å². The van der Waals surface area contributed by atoms with Gasteiger partial charge in [0.15, 0.2) is 0 Å². The van der Waals surface area contributed by atoms with Gasteiger partial charge in [0.2, 0.25) is 0 Å². The molecule has 4 rings (SSSR count). The maximum Gasteiger partial charge on any atom is 0.251 e. The molecule has 0 bridgehead atoms. The van der Waals surface area contributed by atoms with Crippen LogP contribution in [0.5, 0.6) is 5.75 Å². The van der Waals surface area contributed by atoms with Crippen molar-refractivity contribution in [3.8, 4) is 5.75 Å². The molecule has 160 valence electrons. The Morgan fingerprint density at radius 3 is 2.52 bits per heavy atom. The monoisotopic (exact) mass is 417 g/mol. The van der Waals surface area contributed by atoms with Crippen molar-refractivity contribution in [2.24, 2.45) is 0 Å². The van der Waals surface area contributed by atoms with Gasteiger partial charge in [-0.1, -0.05) is 6.07 Å². The third-order valence-electron chi connectivity index (χ3n) is 5.35.